The molecule has 4 rings (SSSR count). The fourth-order valence-electron chi connectivity index (χ4n) is 2.24. The molecule has 1 fully saturated rings. The number of rotatable bonds is 2. The predicted octanol–water partition coefficient (Wildman–Crippen LogP) is 3.40. The first-order valence-corrected chi connectivity index (χ1v) is 7.26. The quantitative estimate of drug-likeness (QED) is 0.723. The second-order valence-corrected chi connectivity index (χ2v) is 5.63. The Morgan fingerprint density at radius 2 is 2.00 bits per heavy atom. The van der Waals surface area contributed by atoms with Gasteiger partial charge in [0.25, 0.3) is 0 Å². The van der Waals surface area contributed by atoms with E-state index in [1.807, 2.05) is 30.6 Å². The molecule has 0 N–H and O–H groups in total. The summed E-state index contributed by atoms with van der Waals surface area (Å²) in [4.78, 5) is 9.99. The van der Waals surface area contributed by atoms with Gasteiger partial charge in [-0.25, -0.2) is 0 Å². The van der Waals surface area contributed by atoms with Gasteiger partial charge in [-0.05, 0) is 24.3 Å². The zero-order valence-corrected chi connectivity index (χ0v) is 11.5. The fraction of sp³-hybridized carbons (Fsp3) is 0.200. The monoisotopic (exact) mass is 284 g/mol. The molecule has 4 heterocycles. The Kier molecular flexibility index (Phi) is 2.95. The maximum Gasteiger partial charge on any atom is 0.185 e. The average molecular weight is 284 g/mol. The van der Waals surface area contributed by atoms with Gasteiger partial charge in [0.15, 0.2) is 6.29 Å². The van der Waals surface area contributed by atoms with Crippen LogP contribution in [0.4, 0.5) is 0 Å². The number of nitrogens with zero attached hydrogens (tertiary/aromatic N) is 2. The van der Waals surface area contributed by atoms with E-state index in [1.54, 1.807) is 11.3 Å². The van der Waals surface area contributed by atoms with Crippen LogP contribution in [0.3, 0.4) is 0 Å². The maximum atomic E-state index is 5.46. The number of fused-ring (bicyclic) bond motifs is 1. The topological polar surface area (TPSA) is 44.2 Å². The summed E-state index contributed by atoms with van der Waals surface area (Å²) in [7, 11) is 0. The van der Waals surface area contributed by atoms with Crippen LogP contribution >= 0.6 is 11.3 Å². The Morgan fingerprint density at radius 1 is 1.10 bits per heavy atom. The fourth-order valence-corrected chi connectivity index (χ4v) is 3.23. The summed E-state index contributed by atoms with van der Waals surface area (Å²) in [5, 5.41) is 0. The number of ether oxygens (including phenoxy) is 2. The number of aromatic nitrogens is 2. The van der Waals surface area contributed by atoms with E-state index in [-0.39, 0.29) is 6.29 Å². The van der Waals surface area contributed by atoms with E-state index in [4.69, 9.17) is 9.47 Å². The molecule has 0 radical (unpaired) electrons. The van der Waals surface area contributed by atoms with Crippen LogP contribution in [0.1, 0.15) is 11.9 Å². The molecule has 1 aliphatic heterocycles. The molecule has 0 saturated carbocycles. The molecule has 100 valence electrons. The first-order valence-electron chi connectivity index (χ1n) is 6.44. The molecule has 0 atom stereocenters. The number of thiophene rings is 1. The molecule has 3 aromatic heterocycles. The Labute approximate surface area is 120 Å². The Bertz CT molecular complexity index is 700. The van der Waals surface area contributed by atoms with Crippen LogP contribution in [0.15, 0.2) is 42.7 Å². The van der Waals surface area contributed by atoms with Crippen molar-refractivity contribution in [2.75, 3.05) is 13.2 Å². The zero-order valence-electron chi connectivity index (χ0n) is 10.7. The molecular weight excluding hydrogens is 272 g/mol. The third kappa shape index (κ3) is 2.10. The van der Waals surface area contributed by atoms with Crippen LogP contribution in [0.25, 0.3) is 20.8 Å². The third-order valence-corrected chi connectivity index (χ3v) is 4.33. The lowest BCUT2D eigenvalue weighted by Gasteiger charge is -2.08. The van der Waals surface area contributed by atoms with Crippen LogP contribution in [-0.2, 0) is 9.47 Å². The molecule has 20 heavy (non-hydrogen) atoms. The van der Waals surface area contributed by atoms with E-state index in [0.29, 0.717) is 13.2 Å². The summed E-state index contributed by atoms with van der Waals surface area (Å²) < 4.78 is 12.1. The van der Waals surface area contributed by atoms with E-state index in [2.05, 4.69) is 22.1 Å². The lowest BCUT2D eigenvalue weighted by molar-refractivity contribution is -0.0443. The normalized spacial score (nSPS) is 16.0. The van der Waals surface area contributed by atoms with E-state index in [9.17, 15) is 0 Å². The summed E-state index contributed by atoms with van der Waals surface area (Å²) in [6.45, 7) is 1.29. The molecule has 5 heteroatoms. The van der Waals surface area contributed by atoms with Gasteiger partial charge in [0.2, 0.25) is 0 Å². The third-order valence-electron chi connectivity index (χ3n) is 3.22. The summed E-state index contributed by atoms with van der Waals surface area (Å²) in [6.07, 6.45) is 3.37. The summed E-state index contributed by atoms with van der Waals surface area (Å²) in [5.74, 6) is 0. The summed E-state index contributed by atoms with van der Waals surface area (Å²) in [5.41, 5.74) is 2.93. The van der Waals surface area contributed by atoms with Gasteiger partial charge in [-0.3, -0.25) is 9.97 Å². The van der Waals surface area contributed by atoms with Crippen molar-refractivity contribution >= 4 is 21.6 Å². The number of pyridine rings is 2. The van der Waals surface area contributed by atoms with Gasteiger partial charge in [-0.15, -0.1) is 11.3 Å². The van der Waals surface area contributed by atoms with Crippen molar-refractivity contribution in [3.05, 3.63) is 48.3 Å². The minimum Gasteiger partial charge on any atom is -0.346 e. The Morgan fingerprint density at radius 3 is 2.75 bits per heavy atom. The van der Waals surface area contributed by atoms with Gasteiger partial charge in [-0.2, -0.15) is 0 Å². The van der Waals surface area contributed by atoms with E-state index >= 15 is 0 Å². The smallest absolute Gasteiger partial charge is 0.185 e. The first-order chi connectivity index (χ1) is 9.90. The highest BCUT2D eigenvalue weighted by Gasteiger charge is 2.18. The SMILES string of the molecule is c1cnc2cc(-c3ccc(C4OCCO4)cn3)sc2c1. The second kappa shape index (κ2) is 4.94. The standard InChI is InChI=1S/C15H12N2O2S/c1-2-13-12(16-5-1)8-14(20-13)11-4-3-10(9-17-11)15-18-6-7-19-15/h1-5,8-9,15H,6-7H2. The average Bonchev–Trinajstić information content (AvgIpc) is 3.17. The summed E-state index contributed by atoms with van der Waals surface area (Å²) >= 11 is 1.70. The van der Waals surface area contributed by atoms with Crippen molar-refractivity contribution in [2.24, 2.45) is 0 Å². The van der Waals surface area contributed by atoms with E-state index in [1.165, 1.54) is 4.70 Å². The van der Waals surface area contributed by atoms with Gasteiger partial charge < -0.3 is 9.47 Å². The largest absolute Gasteiger partial charge is 0.346 e. The minimum atomic E-state index is -0.263. The lowest BCUT2D eigenvalue weighted by atomic mass is 10.2. The van der Waals surface area contributed by atoms with Crippen molar-refractivity contribution in [3.63, 3.8) is 0 Å². The van der Waals surface area contributed by atoms with E-state index in [0.717, 1.165) is 21.7 Å². The molecule has 0 spiro atoms. The Hall–Kier alpha value is -1.82. The van der Waals surface area contributed by atoms with Crippen molar-refractivity contribution in [3.8, 4) is 10.6 Å². The van der Waals surface area contributed by atoms with Gasteiger partial charge in [0.1, 0.15) is 0 Å². The summed E-state index contributed by atoms with van der Waals surface area (Å²) in [6, 6.07) is 10.1. The van der Waals surface area contributed by atoms with Crippen LogP contribution in [0, 0.1) is 0 Å². The number of hydrogen-bond donors (Lipinski definition) is 0. The first kappa shape index (κ1) is 12.0. The lowest BCUT2D eigenvalue weighted by Crippen LogP contribution is -1.98. The molecule has 1 saturated heterocycles. The molecule has 4 nitrogen and oxygen atoms in total. The van der Waals surface area contributed by atoms with Gasteiger partial charge in [0.05, 0.1) is 34.0 Å². The van der Waals surface area contributed by atoms with Crippen molar-refractivity contribution < 1.29 is 9.47 Å². The molecule has 0 bridgehead atoms. The Balaban J connectivity index is 1.67. The van der Waals surface area contributed by atoms with Crippen molar-refractivity contribution in [1.29, 1.82) is 0 Å². The minimum absolute atomic E-state index is 0.263. The van der Waals surface area contributed by atoms with Gasteiger partial charge in [-0.1, -0.05) is 6.07 Å². The van der Waals surface area contributed by atoms with Crippen LogP contribution in [0.5, 0.6) is 0 Å². The van der Waals surface area contributed by atoms with Crippen molar-refractivity contribution in [1.82, 2.24) is 9.97 Å². The molecule has 3 aromatic rings. The highest BCUT2D eigenvalue weighted by Crippen LogP contribution is 2.32. The molecule has 0 aliphatic carbocycles. The van der Waals surface area contributed by atoms with Crippen LogP contribution in [0.2, 0.25) is 0 Å². The van der Waals surface area contributed by atoms with Crippen molar-refractivity contribution in [2.45, 2.75) is 6.29 Å². The van der Waals surface area contributed by atoms with E-state index < -0.39 is 0 Å². The molecular formula is C15H12N2O2S. The van der Waals surface area contributed by atoms with Crippen LogP contribution in [-0.4, -0.2) is 23.2 Å². The highest BCUT2D eigenvalue weighted by atomic mass is 32.1. The molecule has 0 amide bonds. The molecule has 0 unspecified atom stereocenters. The second-order valence-electron chi connectivity index (χ2n) is 4.55. The predicted molar refractivity (Wildman–Crippen MR) is 77.5 cm³/mol. The van der Waals surface area contributed by atoms with Gasteiger partial charge in [0, 0.05) is 18.0 Å². The number of hydrogen-bond acceptors (Lipinski definition) is 5. The van der Waals surface area contributed by atoms with Gasteiger partial charge >= 0.3 is 0 Å². The zero-order chi connectivity index (χ0) is 13.4. The molecule has 0 aromatic carbocycles. The van der Waals surface area contributed by atoms with Crippen LogP contribution < -0.4 is 0 Å². The molecule has 1 aliphatic rings. The maximum absolute atomic E-state index is 5.46. The highest BCUT2D eigenvalue weighted by molar-refractivity contribution is 7.22.